The Bertz CT molecular complexity index is 1180. The molecule has 1 fully saturated rings. The highest BCUT2D eigenvalue weighted by molar-refractivity contribution is 7.14. The Labute approximate surface area is 189 Å². The number of thiazole rings is 1. The molecule has 0 aliphatic carbocycles. The lowest BCUT2D eigenvalue weighted by Gasteiger charge is -2.31. The third-order valence-electron chi connectivity index (χ3n) is 5.87. The predicted molar refractivity (Wildman–Crippen MR) is 121 cm³/mol. The van der Waals surface area contributed by atoms with Crippen molar-refractivity contribution in [2.75, 3.05) is 30.0 Å². The zero-order valence-electron chi connectivity index (χ0n) is 18.0. The van der Waals surface area contributed by atoms with Gasteiger partial charge in [0.1, 0.15) is 0 Å². The van der Waals surface area contributed by atoms with E-state index in [1.165, 1.54) is 11.3 Å². The number of anilines is 2. The number of nitrogens with one attached hydrogen (secondary N) is 1. The van der Waals surface area contributed by atoms with Crippen LogP contribution in [0.4, 0.5) is 10.8 Å². The number of nitrogens with zero attached hydrogens (tertiary/aromatic N) is 3. The van der Waals surface area contributed by atoms with Crippen LogP contribution >= 0.6 is 11.3 Å². The molecular formula is C23H24N4O4S. The summed E-state index contributed by atoms with van der Waals surface area (Å²) in [6.07, 6.45) is 2.23. The smallest absolute Gasteiger partial charge is 0.295 e. The average molecular weight is 453 g/mol. The molecule has 2 aromatic heterocycles. The summed E-state index contributed by atoms with van der Waals surface area (Å²) < 4.78 is 10.9. The van der Waals surface area contributed by atoms with Crippen LogP contribution in [-0.2, 0) is 16.0 Å². The molecule has 0 bridgehead atoms. The lowest BCUT2D eigenvalue weighted by molar-refractivity contribution is -0.119. The van der Waals surface area contributed by atoms with Gasteiger partial charge in [0.15, 0.2) is 11.0 Å². The van der Waals surface area contributed by atoms with Crippen LogP contribution < -0.4 is 10.2 Å². The third-order valence-corrected chi connectivity index (χ3v) is 6.63. The Hall–Kier alpha value is -3.04. The van der Waals surface area contributed by atoms with Crippen molar-refractivity contribution < 1.29 is 18.7 Å². The van der Waals surface area contributed by atoms with Gasteiger partial charge < -0.3 is 14.1 Å². The molecular weight excluding hydrogens is 428 g/mol. The van der Waals surface area contributed by atoms with Crippen molar-refractivity contribution in [1.82, 2.24) is 9.97 Å². The molecule has 1 unspecified atom stereocenters. The zero-order valence-corrected chi connectivity index (χ0v) is 18.8. The average Bonchev–Trinajstić information content (AvgIpc) is 3.51. The van der Waals surface area contributed by atoms with Gasteiger partial charge in [-0.2, -0.15) is 0 Å². The number of aromatic nitrogens is 2. The van der Waals surface area contributed by atoms with Gasteiger partial charge in [-0.3, -0.25) is 14.9 Å². The Kier molecular flexibility index (Phi) is 5.52. The van der Waals surface area contributed by atoms with E-state index in [0.29, 0.717) is 35.6 Å². The fourth-order valence-electron chi connectivity index (χ4n) is 4.26. The molecule has 2 amide bonds. The number of aryl methyl sites for hydroxylation is 3. The molecule has 166 valence electrons. The summed E-state index contributed by atoms with van der Waals surface area (Å²) in [7, 11) is 0. The Morgan fingerprint density at radius 1 is 1.28 bits per heavy atom. The Morgan fingerprint density at radius 2 is 2.16 bits per heavy atom. The first kappa shape index (κ1) is 20.8. The summed E-state index contributed by atoms with van der Waals surface area (Å²) in [5.74, 6) is 0.860. The molecule has 1 saturated heterocycles. The zero-order chi connectivity index (χ0) is 22.2. The number of rotatable bonds is 5. The first-order chi connectivity index (χ1) is 15.5. The van der Waals surface area contributed by atoms with Crippen LogP contribution in [0.2, 0.25) is 0 Å². The summed E-state index contributed by atoms with van der Waals surface area (Å²) in [5, 5.41) is 5.20. The van der Waals surface area contributed by atoms with E-state index in [9.17, 15) is 9.59 Å². The van der Waals surface area contributed by atoms with Crippen molar-refractivity contribution in [2.45, 2.75) is 33.1 Å². The first-order valence-electron chi connectivity index (χ1n) is 10.7. The van der Waals surface area contributed by atoms with E-state index in [2.05, 4.69) is 21.4 Å². The van der Waals surface area contributed by atoms with Gasteiger partial charge in [0.05, 0.1) is 18.0 Å². The maximum absolute atomic E-state index is 12.6. The van der Waals surface area contributed by atoms with E-state index < -0.39 is 0 Å². The summed E-state index contributed by atoms with van der Waals surface area (Å²) in [6, 6.07) is 6.10. The van der Waals surface area contributed by atoms with Crippen molar-refractivity contribution in [1.29, 1.82) is 0 Å². The van der Waals surface area contributed by atoms with Gasteiger partial charge in [0.25, 0.3) is 5.91 Å². The number of hydrogen-bond acceptors (Lipinski definition) is 7. The molecule has 5 rings (SSSR count). The lowest BCUT2D eigenvalue weighted by Crippen LogP contribution is -2.39. The number of hydrogen-bond donors (Lipinski definition) is 1. The van der Waals surface area contributed by atoms with Crippen molar-refractivity contribution in [2.24, 2.45) is 5.92 Å². The van der Waals surface area contributed by atoms with Crippen LogP contribution in [0, 0.1) is 19.8 Å². The second-order valence-corrected chi connectivity index (χ2v) is 9.07. The summed E-state index contributed by atoms with van der Waals surface area (Å²) in [5.41, 5.74) is 4.43. The van der Waals surface area contributed by atoms with Crippen LogP contribution in [0.15, 0.2) is 28.0 Å². The fraction of sp³-hybridized carbons (Fsp3) is 0.391. The van der Waals surface area contributed by atoms with Crippen molar-refractivity contribution in [3.8, 4) is 11.3 Å². The second-order valence-electron chi connectivity index (χ2n) is 8.22. The number of oxazole rings is 1. The third kappa shape index (κ3) is 4.05. The molecule has 0 saturated carbocycles. The van der Waals surface area contributed by atoms with Crippen LogP contribution in [0.3, 0.4) is 0 Å². The normalized spacial score (nSPS) is 18.1. The topological polar surface area (TPSA) is 97.6 Å². The SMILES string of the molecule is Cc1nc(C)c(C(=O)Nc2nc(-c3ccc4c(c3)CCC(=O)N4CC3CCOC3)cs2)o1. The highest BCUT2D eigenvalue weighted by atomic mass is 32.1. The quantitative estimate of drug-likeness (QED) is 0.629. The molecule has 1 N–H and O–H groups in total. The highest BCUT2D eigenvalue weighted by Crippen LogP contribution is 2.34. The molecule has 1 atom stereocenters. The molecule has 3 aromatic rings. The van der Waals surface area contributed by atoms with Crippen LogP contribution in [0.1, 0.15) is 40.5 Å². The molecule has 2 aliphatic rings. The molecule has 32 heavy (non-hydrogen) atoms. The molecule has 0 spiro atoms. The van der Waals surface area contributed by atoms with Crippen molar-refractivity contribution >= 4 is 34.0 Å². The molecule has 9 heteroatoms. The molecule has 4 heterocycles. The summed E-state index contributed by atoms with van der Waals surface area (Å²) >= 11 is 1.36. The van der Waals surface area contributed by atoms with Crippen molar-refractivity contribution in [3.63, 3.8) is 0 Å². The monoisotopic (exact) mass is 452 g/mol. The van der Waals surface area contributed by atoms with E-state index >= 15 is 0 Å². The van der Waals surface area contributed by atoms with Gasteiger partial charge in [0, 0.05) is 49.0 Å². The number of amides is 2. The number of fused-ring (bicyclic) bond motifs is 1. The minimum absolute atomic E-state index is 0.175. The highest BCUT2D eigenvalue weighted by Gasteiger charge is 2.28. The molecule has 0 radical (unpaired) electrons. The van der Waals surface area contributed by atoms with Gasteiger partial charge in [-0.05, 0) is 37.5 Å². The maximum atomic E-state index is 12.6. The van der Waals surface area contributed by atoms with Crippen LogP contribution in [-0.4, -0.2) is 41.5 Å². The van der Waals surface area contributed by atoms with Gasteiger partial charge in [-0.1, -0.05) is 6.07 Å². The second kappa shape index (κ2) is 8.48. The number of carbonyl (C=O) groups is 2. The summed E-state index contributed by atoms with van der Waals surface area (Å²) in [6.45, 7) is 5.64. The lowest BCUT2D eigenvalue weighted by atomic mass is 9.96. The van der Waals surface area contributed by atoms with Gasteiger partial charge in [-0.25, -0.2) is 9.97 Å². The molecule has 1 aromatic carbocycles. The summed E-state index contributed by atoms with van der Waals surface area (Å²) in [4.78, 5) is 35.7. The predicted octanol–water partition coefficient (Wildman–Crippen LogP) is 3.98. The number of benzene rings is 1. The number of carbonyl (C=O) groups excluding carboxylic acids is 2. The number of ether oxygens (including phenoxy) is 1. The fourth-order valence-corrected chi connectivity index (χ4v) is 4.98. The minimum atomic E-state index is -0.362. The minimum Gasteiger partial charge on any atom is -0.436 e. The van der Waals surface area contributed by atoms with E-state index in [-0.39, 0.29) is 17.6 Å². The van der Waals surface area contributed by atoms with Crippen molar-refractivity contribution in [3.05, 3.63) is 46.5 Å². The standard InChI is InChI=1S/C23H24N4O4S/c1-13-21(31-14(2)24-13)22(29)26-23-25-18(12-32-23)16-3-5-19-17(9-16)4-6-20(28)27(19)10-15-7-8-30-11-15/h3,5,9,12,15H,4,6-8,10-11H2,1-2H3,(H,25,26,29). The maximum Gasteiger partial charge on any atom is 0.295 e. The van der Waals surface area contributed by atoms with Gasteiger partial charge in [-0.15, -0.1) is 11.3 Å². The van der Waals surface area contributed by atoms with E-state index in [1.807, 2.05) is 22.4 Å². The van der Waals surface area contributed by atoms with Gasteiger partial charge >= 0.3 is 0 Å². The Morgan fingerprint density at radius 3 is 2.91 bits per heavy atom. The van der Waals surface area contributed by atoms with Gasteiger partial charge in [0.2, 0.25) is 11.7 Å². The Balaban J connectivity index is 1.34. The van der Waals surface area contributed by atoms with Crippen LogP contribution in [0.5, 0.6) is 0 Å². The molecule has 8 nitrogen and oxygen atoms in total. The van der Waals surface area contributed by atoms with Crippen LogP contribution in [0.25, 0.3) is 11.3 Å². The largest absolute Gasteiger partial charge is 0.436 e. The van der Waals surface area contributed by atoms with E-state index in [4.69, 9.17) is 9.15 Å². The van der Waals surface area contributed by atoms with E-state index in [0.717, 1.165) is 48.6 Å². The van der Waals surface area contributed by atoms with E-state index in [1.54, 1.807) is 13.8 Å². The first-order valence-corrected chi connectivity index (χ1v) is 11.6. The molecule has 2 aliphatic heterocycles.